The molecule has 31 heavy (non-hydrogen) atoms. The SMILES string of the molecule is C=CCOC(=O)c1ccc(-n2[nH]c(C)c(/N=N/c3ccc(C(C)(C)C)cc3)c2=O)cc1. The molecule has 0 unspecified atom stereocenters. The van der Waals surface area contributed by atoms with Gasteiger partial charge in [-0.25, -0.2) is 9.48 Å². The van der Waals surface area contributed by atoms with Crippen LogP contribution in [0.5, 0.6) is 0 Å². The third-order valence-electron chi connectivity index (χ3n) is 4.73. The van der Waals surface area contributed by atoms with Crippen molar-refractivity contribution in [3.8, 4) is 5.69 Å². The van der Waals surface area contributed by atoms with Gasteiger partial charge in [0.05, 0.1) is 22.6 Å². The highest BCUT2D eigenvalue weighted by Crippen LogP contribution is 2.25. The molecule has 0 atom stereocenters. The Bertz CT molecular complexity index is 1160. The number of benzene rings is 2. The van der Waals surface area contributed by atoms with Gasteiger partial charge in [-0.2, -0.15) is 5.11 Å². The van der Waals surface area contributed by atoms with Gasteiger partial charge in [0.15, 0.2) is 5.69 Å². The molecule has 1 aromatic heterocycles. The van der Waals surface area contributed by atoms with Crippen LogP contribution in [0, 0.1) is 6.92 Å². The maximum absolute atomic E-state index is 12.8. The zero-order valence-electron chi connectivity index (χ0n) is 18.2. The Hall–Kier alpha value is -3.74. The van der Waals surface area contributed by atoms with Crippen LogP contribution in [-0.4, -0.2) is 22.4 Å². The Kier molecular flexibility index (Phi) is 6.34. The molecule has 1 heterocycles. The number of nitrogens with zero attached hydrogens (tertiary/aromatic N) is 3. The molecule has 0 bridgehead atoms. The molecule has 0 saturated heterocycles. The predicted octanol–water partition coefficient (Wildman–Crippen LogP) is 5.53. The molecule has 3 rings (SSSR count). The van der Waals surface area contributed by atoms with Gasteiger partial charge in [0.1, 0.15) is 6.61 Å². The largest absolute Gasteiger partial charge is 0.458 e. The number of hydrogen-bond acceptors (Lipinski definition) is 5. The van der Waals surface area contributed by atoms with Gasteiger partial charge >= 0.3 is 5.97 Å². The Morgan fingerprint density at radius 1 is 1.10 bits per heavy atom. The summed E-state index contributed by atoms with van der Waals surface area (Å²) in [5, 5.41) is 11.4. The first kappa shape index (κ1) is 22.0. The summed E-state index contributed by atoms with van der Waals surface area (Å²) >= 11 is 0. The predicted molar refractivity (Wildman–Crippen MR) is 121 cm³/mol. The minimum atomic E-state index is -0.451. The molecule has 0 spiro atoms. The average Bonchev–Trinajstić information content (AvgIpc) is 3.03. The van der Waals surface area contributed by atoms with Crippen LogP contribution in [0.4, 0.5) is 11.4 Å². The van der Waals surface area contributed by atoms with E-state index in [0.29, 0.717) is 22.6 Å². The van der Waals surface area contributed by atoms with Crippen molar-refractivity contribution in [2.75, 3.05) is 6.61 Å². The fraction of sp³-hybridized carbons (Fsp3) is 0.250. The molecule has 0 fully saturated rings. The van der Waals surface area contributed by atoms with E-state index in [1.165, 1.54) is 16.3 Å². The number of carbonyl (C=O) groups excluding carboxylic acids is 1. The summed E-state index contributed by atoms with van der Waals surface area (Å²) in [5.74, 6) is -0.451. The van der Waals surface area contributed by atoms with E-state index in [2.05, 4.69) is 42.7 Å². The molecule has 7 heteroatoms. The Morgan fingerprint density at radius 2 is 1.74 bits per heavy atom. The number of esters is 1. The van der Waals surface area contributed by atoms with Crippen LogP contribution in [0.25, 0.3) is 5.69 Å². The Morgan fingerprint density at radius 3 is 2.32 bits per heavy atom. The van der Waals surface area contributed by atoms with E-state index in [1.807, 2.05) is 24.3 Å². The third-order valence-corrected chi connectivity index (χ3v) is 4.73. The number of azo groups is 1. The number of H-pyrrole nitrogens is 1. The molecule has 0 radical (unpaired) electrons. The van der Waals surface area contributed by atoms with E-state index < -0.39 is 5.97 Å². The van der Waals surface area contributed by atoms with Crippen molar-refractivity contribution < 1.29 is 9.53 Å². The summed E-state index contributed by atoms with van der Waals surface area (Å²) in [6, 6.07) is 14.3. The first-order valence-corrected chi connectivity index (χ1v) is 9.93. The topological polar surface area (TPSA) is 88.8 Å². The van der Waals surface area contributed by atoms with Crippen molar-refractivity contribution in [3.63, 3.8) is 0 Å². The molecule has 0 aliphatic heterocycles. The Labute approximate surface area is 181 Å². The van der Waals surface area contributed by atoms with E-state index >= 15 is 0 Å². The number of ether oxygens (including phenoxy) is 1. The minimum absolute atomic E-state index is 0.0541. The summed E-state index contributed by atoms with van der Waals surface area (Å²) in [4.78, 5) is 24.7. The summed E-state index contributed by atoms with van der Waals surface area (Å²) in [7, 11) is 0. The van der Waals surface area contributed by atoms with Gasteiger partial charge < -0.3 is 4.74 Å². The summed E-state index contributed by atoms with van der Waals surface area (Å²) in [5.41, 5.74) is 3.38. The second kappa shape index (κ2) is 8.95. The molecule has 0 aliphatic carbocycles. The van der Waals surface area contributed by atoms with E-state index in [9.17, 15) is 9.59 Å². The fourth-order valence-corrected chi connectivity index (χ4v) is 2.94. The van der Waals surface area contributed by atoms with E-state index in [4.69, 9.17) is 4.74 Å². The lowest BCUT2D eigenvalue weighted by Gasteiger charge is -2.18. The number of carbonyl (C=O) groups is 1. The lowest BCUT2D eigenvalue weighted by atomic mass is 9.87. The number of aromatic amines is 1. The number of rotatable bonds is 6. The summed E-state index contributed by atoms with van der Waals surface area (Å²) in [6.45, 7) is 11.8. The lowest BCUT2D eigenvalue weighted by Crippen LogP contribution is -2.14. The van der Waals surface area contributed by atoms with Crippen molar-refractivity contribution in [2.24, 2.45) is 10.2 Å². The minimum Gasteiger partial charge on any atom is -0.458 e. The van der Waals surface area contributed by atoms with Crippen LogP contribution < -0.4 is 5.56 Å². The lowest BCUT2D eigenvalue weighted by molar-refractivity contribution is 0.0549. The van der Waals surface area contributed by atoms with Crippen LogP contribution in [0.15, 0.2) is 76.2 Å². The standard InChI is InChI=1S/C24H26N4O3/c1-6-15-31-23(30)17-7-13-20(14-8-17)28-22(29)21(16(2)27-28)26-25-19-11-9-18(10-12-19)24(3,4)5/h6-14,27H,1,15H2,2-5H3/b26-25+. The number of nitrogens with one attached hydrogen (secondary N) is 1. The molecular formula is C24H26N4O3. The smallest absolute Gasteiger partial charge is 0.338 e. The van der Waals surface area contributed by atoms with Crippen molar-refractivity contribution in [1.82, 2.24) is 9.78 Å². The van der Waals surface area contributed by atoms with Crippen LogP contribution in [-0.2, 0) is 10.2 Å². The van der Waals surface area contributed by atoms with Gasteiger partial charge in [-0.3, -0.25) is 9.89 Å². The van der Waals surface area contributed by atoms with Crippen LogP contribution in [0.2, 0.25) is 0 Å². The molecule has 0 saturated carbocycles. The quantitative estimate of drug-likeness (QED) is 0.324. The zero-order chi connectivity index (χ0) is 22.6. The molecular weight excluding hydrogens is 392 g/mol. The molecule has 0 amide bonds. The first-order valence-electron chi connectivity index (χ1n) is 9.93. The van der Waals surface area contributed by atoms with Crippen molar-refractivity contribution in [2.45, 2.75) is 33.1 Å². The number of aryl methyl sites for hydroxylation is 1. The molecule has 1 N–H and O–H groups in total. The van der Waals surface area contributed by atoms with Gasteiger partial charge in [-0.1, -0.05) is 45.6 Å². The normalized spacial score (nSPS) is 11.6. The zero-order valence-corrected chi connectivity index (χ0v) is 18.2. The fourth-order valence-electron chi connectivity index (χ4n) is 2.94. The molecule has 160 valence electrons. The van der Waals surface area contributed by atoms with Crippen LogP contribution in [0.3, 0.4) is 0 Å². The summed E-state index contributed by atoms with van der Waals surface area (Å²) < 4.78 is 6.38. The van der Waals surface area contributed by atoms with Gasteiger partial charge in [0.25, 0.3) is 5.56 Å². The average molecular weight is 418 g/mol. The molecule has 0 aliphatic rings. The van der Waals surface area contributed by atoms with E-state index in [1.54, 1.807) is 31.2 Å². The monoisotopic (exact) mass is 418 g/mol. The highest BCUT2D eigenvalue weighted by atomic mass is 16.5. The second-order valence-electron chi connectivity index (χ2n) is 8.16. The first-order chi connectivity index (χ1) is 14.7. The van der Waals surface area contributed by atoms with Crippen LogP contribution in [0.1, 0.15) is 42.4 Å². The van der Waals surface area contributed by atoms with Gasteiger partial charge in [-0.15, -0.1) is 5.11 Å². The number of aromatic nitrogens is 2. The van der Waals surface area contributed by atoms with Crippen molar-refractivity contribution in [3.05, 3.63) is 88.4 Å². The second-order valence-corrected chi connectivity index (χ2v) is 8.16. The van der Waals surface area contributed by atoms with Crippen molar-refractivity contribution >= 4 is 17.3 Å². The highest BCUT2D eigenvalue weighted by molar-refractivity contribution is 5.89. The van der Waals surface area contributed by atoms with Gasteiger partial charge in [0.2, 0.25) is 0 Å². The van der Waals surface area contributed by atoms with E-state index in [0.717, 1.165) is 0 Å². The van der Waals surface area contributed by atoms with Gasteiger partial charge in [-0.05, 0) is 54.3 Å². The maximum atomic E-state index is 12.8. The maximum Gasteiger partial charge on any atom is 0.338 e. The van der Waals surface area contributed by atoms with Crippen LogP contribution >= 0.6 is 0 Å². The Balaban J connectivity index is 1.82. The number of hydrogen-bond donors (Lipinski definition) is 1. The third kappa shape index (κ3) is 5.06. The van der Waals surface area contributed by atoms with Crippen molar-refractivity contribution in [1.29, 1.82) is 0 Å². The molecule has 7 nitrogen and oxygen atoms in total. The molecule has 2 aromatic carbocycles. The van der Waals surface area contributed by atoms with E-state index in [-0.39, 0.29) is 23.3 Å². The summed E-state index contributed by atoms with van der Waals surface area (Å²) in [6.07, 6.45) is 1.50. The molecule has 3 aromatic rings. The highest BCUT2D eigenvalue weighted by Gasteiger charge is 2.14. The van der Waals surface area contributed by atoms with Gasteiger partial charge in [0, 0.05) is 0 Å².